The zero-order valence-corrected chi connectivity index (χ0v) is 12.5. The van der Waals surface area contributed by atoms with Crippen LogP contribution in [0.4, 0.5) is 0 Å². The summed E-state index contributed by atoms with van der Waals surface area (Å²) in [6.07, 6.45) is 4.07. The summed E-state index contributed by atoms with van der Waals surface area (Å²) in [4.78, 5) is 12.7. The minimum Gasteiger partial charge on any atom is -0.351 e. The molecule has 20 heavy (non-hydrogen) atoms. The molecule has 0 bridgehead atoms. The molecule has 2 atom stereocenters. The van der Waals surface area contributed by atoms with E-state index in [-0.39, 0.29) is 17.4 Å². The summed E-state index contributed by atoms with van der Waals surface area (Å²) in [7, 11) is 0. The number of benzene rings is 1. The fourth-order valence-electron chi connectivity index (χ4n) is 3.09. The van der Waals surface area contributed by atoms with E-state index in [0.29, 0.717) is 6.04 Å². The summed E-state index contributed by atoms with van der Waals surface area (Å²) < 4.78 is 0. The van der Waals surface area contributed by atoms with Gasteiger partial charge in [-0.2, -0.15) is 0 Å². The maximum Gasteiger partial charge on any atom is 0.230 e. The van der Waals surface area contributed by atoms with Crippen LogP contribution < -0.4 is 10.6 Å². The summed E-state index contributed by atoms with van der Waals surface area (Å²) in [5.41, 5.74) is 0.790. The van der Waals surface area contributed by atoms with Gasteiger partial charge in [-0.05, 0) is 56.8 Å². The van der Waals surface area contributed by atoms with Crippen LogP contribution in [-0.4, -0.2) is 24.5 Å². The minimum absolute atomic E-state index is 0.181. The Balaban J connectivity index is 1.71. The average Bonchev–Trinajstić information content (AvgIpc) is 3.24. The predicted molar refractivity (Wildman–Crippen MR) is 81.0 cm³/mol. The van der Waals surface area contributed by atoms with Gasteiger partial charge in [-0.15, -0.1) is 0 Å². The summed E-state index contributed by atoms with van der Waals surface area (Å²) in [5, 5.41) is 7.39. The largest absolute Gasteiger partial charge is 0.351 e. The van der Waals surface area contributed by atoms with Gasteiger partial charge in [0.1, 0.15) is 0 Å². The molecule has 1 aliphatic carbocycles. The lowest BCUT2D eigenvalue weighted by molar-refractivity contribution is -0.124. The lowest BCUT2D eigenvalue weighted by Gasteiger charge is -2.32. The smallest absolute Gasteiger partial charge is 0.230 e. The van der Waals surface area contributed by atoms with Crippen molar-refractivity contribution in [3.8, 4) is 0 Å². The summed E-state index contributed by atoms with van der Waals surface area (Å²) in [6.45, 7) is 3.20. The van der Waals surface area contributed by atoms with E-state index in [4.69, 9.17) is 11.6 Å². The topological polar surface area (TPSA) is 41.1 Å². The molecule has 1 aromatic rings. The predicted octanol–water partition coefficient (Wildman–Crippen LogP) is 2.63. The standard InChI is InChI=1S/C16H21ClN2O/c1-11-14(3-2-10-18-11)19-15(20)16(8-9-16)12-4-6-13(17)7-5-12/h4-7,11,14,18H,2-3,8-10H2,1H3,(H,19,20). The lowest BCUT2D eigenvalue weighted by atomic mass is 9.93. The maximum atomic E-state index is 12.7. The Morgan fingerprint density at radius 3 is 2.65 bits per heavy atom. The molecule has 1 aliphatic heterocycles. The van der Waals surface area contributed by atoms with Crippen LogP contribution in [0.1, 0.15) is 38.2 Å². The molecule has 3 rings (SSSR count). The van der Waals surface area contributed by atoms with Gasteiger partial charge in [0.2, 0.25) is 5.91 Å². The third-order valence-electron chi connectivity index (χ3n) is 4.66. The molecule has 1 saturated heterocycles. The van der Waals surface area contributed by atoms with Crippen LogP contribution in [0, 0.1) is 0 Å². The third-order valence-corrected chi connectivity index (χ3v) is 4.91. The number of amides is 1. The number of carbonyl (C=O) groups is 1. The molecule has 108 valence electrons. The van der Waals surface area contributed by atoms with Crippen molar-refractivity contribution in [3.05, 3.63) is 34.9 Å². The quantitative estimate of drug-likeness (QED) is 0.899. The number of carbonyl (C=O) groups excluding carboxylic acids is 1. The van der Waals surface area contributed by atoms with Crippen molar-refractivity contribution in [2.75, 3.05) is 6.54 Å². The van der Waals surface area contributed by atoms with Crippen molar-refractivity contribution in [2.24, 2.45) is 0 Å². The first-order valence-electron chi connectivity index (χ1n) is 7.42. The fourth-order valence-corrected chi connectivity index (χ4v) is 3.21. The van der Waals surface area contributed by atoms with Crippen LogP contribution >= 0.6 is 11.6 Å². The zero-order valence-electron chi connectivity index (χ0n) is 11.8. The lowest BCUT2D eigenvalue weighted by Crippen LogP contribution is -2.53. The molecule has 0 aromatic heterocycles. The van der Waals surface area contributed by atoms with Gasteiger partial charge in [0.15, 0.2) is 0 Å². The van der Waals surface area contributed by atoms with Gasteiger partial charge < -0.3 is 10.6 Å². The highest BCUT2D eigenvalue weighted by Crippen LogP contribution is 2.48. The zero-order chi connectivity index (χ0) is 14.2. The highest BCUT2D eigenvalue weighted by molar-refractivity contribution is 6.30. The van der Waals surface area contributed by atoms with Crippen molar-refractivity contribution < 1.29 is 4.79 Å². The van der Waals surface area contributed by atoms with E-state index < -0.39 is 0 Å². The summed E-state index contributed by atoms with van der Waals surface area (Å²) in [6, 6.07) is 8.31. The number of hydrogen-bond donors (Lipinski definition) is 2. The van der Waals surface area contributed by atoms with Gasteiger partial charge >= 0.3 is 0 Å². The SMILES string of the molecule is CC1NCCCC1NC(=O)C1(c2ccc(Cl)cc2)CC1. The van der Waals surface area contributed by atoms with Gasteiger partial charge in [-0.25, -0.2) is 0 Å². The van der Waals surface area contributed by atoms with E-state index in [1.165, 1.54) is 0 Å². The molecular weight excluding hydrogens is 272 g/mol. The van der Waals surface area contributed by atoms with E-state index in [0.717, 1.165) is 42.8 Å². The Hall–Kier alpha value is -1.06. The second-order valence-electron chi connectivity index (χ2n) is 6.05. The molecule has 0 spiro atoms. The van der Waals surface area contributed by atoms with Crippen LogP contribution in [0.2, 0.25) is 5.02 Å². The van der Waals surface area contributed by atoms with Crippen molar-refractivity contribution in [1.82, 2.24) is 10.6 Å². The molecular formula is C16H21ClN2O. The Kier molecular flexibility index (Phi) is 3.74. The first kappa shape index (κ1) is 13.9. The highest BCUT2D eigenvalue weighted by Gasteiger charge is 2.51. The van der Waals surface area contributed by atoms with Crippen molar-refractivity contribution in [3.63, 3.8) is 0 Å². The van der Waals surface area contributed by atoms with Crippen LogP contribution in [0.3, 0.4) is 0 Å². The molecule has 1 heterocycles. The molecule has 1 aromatic carbocycles. The second-order valence-corrected chi connectivity index (χ2v) is 6.49. The first-order chi connectivity index (χ1) is 9.62. The molecule has 2 aliphatic rings. The average molecular weight is 293 g/mol. The van der Waals surface area contributed by atoms with E-state index >= 15 is 0 Å². The highest BCUT2D eigenvalue weighted by atomic mass is 35.5. The van der Waals surface area contributed by atoms with Crippen LogP contribution in [0.15, 0.2) is 24.3 Å². The van der Waals surface area contributed by atoms with Gasteiger partial charge in [-0.1, -0.05) is 23.7 Å². The van der Waals surface area contributed by atoms with Crippen LogP contribution in [0.5, 0.6) is 0 Å². The maximum absolute atomic E-state index is 12.7. The van der Waals surface area contributed by atoms with Gasteiger partial charge in [0.25, 0.3) is 0 Å². The Labute approximate surface area is 125 Å². The Morgan fingerprint density at radius 1 is 1.35 bits per heavy atom. The van der Waals surface area contributed by atoms with E-state index in [1.807, 2.05) is 24.3 Å². The Morgan fingerprint density at radius 2 is 2.05 bits per heavy atom. The number of rotatable bonds is 3. The van der Waals surface area contributed by atoms with E-state index in [2.05, 4.69) is 17.6 Å². The fraction of sp³-hybridized carbons (Fsp3) is 0.562. The van der Waals surface area contributed by atoms with Crippen molar-refractivity contribution in [1.29, 1.82) is 0 Å². The summed E-state index contributed by atoms with van der Waals surface area (Å²) in [5.74, 6) is 0.181. The third kappa shape index (κ3) is 2.57. The molecule has 2 N–H and O–H groups in total. The second kappa shape index (κ2) is 5.38. The number of halogens is 1. The Bertz CT molecular complexity index is 496. The monoisotopic (exact) mass is 292 g/mol. The van der Waals surface area contributed by atoms with Gasteiger partial charge in [0.05, 0.1) is 5.41 Å². The van der Waals surface area contributed by atoms with Gasteiger partial charge in [-0.3, -0.25) is 4.79 Å². The van der Waals surface area contributed by atoms with Crippen LogP contribution in [-0.2, 0) is 10.2 Å². The molecule has 1 amide bonds. The minimum atomic E-state index is -0.304. The van der Waals surface area contributed by atoms with Crippen molar-refractivity contribution in [2.45, 2.75) is 50.1 Å². The molecule has 2 fully saturated rings. The van der Waals surface area contributed by atoms with E-state index in [1.54, 1.807) is 0 Å². The molecule has 2 unspecified atom stereocenters. The number of piperidine rings is 1. The van der Waals surface area contributed by atoms with Crippen LogP contribution in [0.25, 0.3) is 0 Å². The molecule has 3 nitrogen and oxygen atoms in total. The normalized spacial score (nSPS) is 27.9. The number of nitrogens with one attached hydrogen (secondary N) is 2. The molecule has 1 saturated carbocycles. The summed E-state index contributed by atoms with van der Waals surface area (Å²) >= 11 is 5.93. The first-order valence-corrected chi connectivity index (χ1v) is 7.80. The van der Waals surface area contributed by atoms with E-state index in [9.17, 15) is 4.79 Å². The molecule has 4 heteroatoms. The van der Waals surface area contributed by atoms with Crippen molar-refractivity contribution >= 4 is 17.5 Å². The number of hydrogen-bond acceptors (Lipinski definition) is 2. The van der Waals surface area contributed by atoms with Gasteiger partial charge in [0, 0.05) is 17.1 Å². The molecule has 0 radical (unpaired) electrons.